The van der Waals surface area contributed by atoms with Crippen molar-refractivity contribution in [2.24, 2.45) is 0 Å². The molecule has 7 nitrogen and oxygen atoms in total. The zero-order valence-electron chi connectivity index (χ0n) is 27.0. The fraction of sp³-hybridized carbons (Fsp3) is 0.611. The lowest BCUT2D eigenvalue weighted by molar-refractivity contribution is -0.00442. The van der Waals surface area contributed by atoms with E-state index in [1.165, 1.54) is 32.1 Å². The zero-order chi connectivity index (χ0) is 30.6. The Kier molecular flexibility index (Phi) is 10.1. The van der Waals surface area contributed by atoms with Crippen LogP contribution in [0.2, 0.25) is 0 Å². The third kappa shape index (κ3) is 6.60. The summed E-state index contributed by atoms with van der Waals surface area (Å²) in [6.45, 7) is 16.9. The predicted octanol–water partition coefficient (Wildman–Crippen LogP) is 6.74. The summed E-state index contributed by atoms with van der Waals surface area (Å²) in [5, 5.41) is 2.27. The van der Waals surface area contributed by atoms with E-state index in [-0.39, 0.29) is 11.6 Å². The summed E-state index contributed by atoms with van der Waals surface area (Å²) in [5.41, 5.74) is 2.39. The van der Waals surface area contributed by atoms with Gasteiger partial charge >= 0.3 is 0 Å². The van der Waals surface area contributed by atoms with Crippen LogP contribution in [-0.2, 0) is 16.0 Å². The Hall–Kier alpha value is -2.58. The molecule has 0 unspecified atom stereocenters. The van der Waals surface area contributed by atoms with Crippen LogP contribution < -0.4 is 0 Å². The van der Waals surface area contributed by atoms with Gasteiger partial charge in [0.2, 0.25) is 0 Å². The van der Waals surface area contributed by atoms with E-state index in [9.17, 15) is 9.59 Å². The molecule has 0 amide bonds. The summed E-state index contributed by atoms with van der Waals surface area (Å²) in [6.07, 6.45) is 7.27. The number of rotatable bonds is 13. The lowest BCUT2D eigenvalue weighted by Gasteiger charge is -2.39. The molecule has 0 spiro atoms. The van der Waals surface area contributed by atoms with Gasteiger partial charge in [-0.05, 0) is 46.2 Å². The Balaban J connectivity index is 1.51. The van der Waals surface area contributed by atoms with E-state index >= 15 is 0 Å². The van der Waals surface area contributed by atoms with Crippen molar-refractivity contribution in [3.63, 3.8) is 0 Å². The molecule has 0 radical (unpaired) electrons. The second-order valence-electron chi connectivity index (χ2n) is 13.4. The van der Waals surface area contributed by atoms with Gasteiger partial charge in [-0.25, -0.2) is 0 Å². The topological polar surface area (TPSA) is 64.0 Å². The number of aromatic nitrogens is 1. The van der Waals surface area contributed by atoms with Crippen LogP contribution in [0.25, 0.3) is 21.8 Å². The van der Waals surface area contributed by atoms with Gasteiger partial charge in [0.25, 0.3) is 0 Å². The van der Waals surface area contributed by atoms with Gasteiger partial charge in [0.05, 0.1) is 37.5 Å². The van der Waals surface area contributed by atoms with Crippen LogP contribution in [0, 0.1) is 0 Å². The Morgan fingerprint density at radius 2 is 1.07 bits per heavy atom. The first-order valence-corrected chi connectivity index (χ1v) is 16.5. The van der Waals surface area contributed by atoms with Crippen LogP contribution in [-0.4, -0.2) is 89.6 Å². The highest BCUT2D eigenvalue weighted by Gasteiger charge is 2.37. The summed E-state index contributed by atoms with van der Waals surface area (Å²) < 4.78 is 13.5. The van der Waals surface area contributed by atoms with Gasteiger partial charge in [0, 0.05) is 65.7 Å². The van der Waals surface area contributed by atoms with Crippen molar-refractivity contribution in [3.05, 3.63) is 47.5 Å². The number of benzene rings is 2. The molecule has 0 atom stereocenters. The summed E-state index contributed by atoms with van der Waals surface area (Å²) >= 11 is 0. The number of hydrogen-bond acceptors (Lipinski definition) is 6. The molecule has 2 aliphatic rings. The fourth-order valence-corrected chi connectivity index (χ4v) is 6.91. The zero-order valence-corrected chi connectivity index (χ0v) is 27.0. The number of ether oxygens (including phenoxy) is 2. The Labute approximate surface area is 257 Å². The van der Waals surface area contributed by atoms with Gasteiger partial charge < -0.3 is 14.0 Å². The molecule has 0 bridgehead atoms. The van der Waals surface area contributed by atoms with Gasteiger partial charge in [0.15, 0.2) is 11.6 Å². The van der Waals surface area contributed by atoms with Gasteiger partial charge in [-0.3, -0.25) is 19.4 Å². The molecule has 3 aromatic rings. The largest absolute Gasteiger partial charge is 0.379 e. The maximum atomic E-state index is 14.0. The van der Waals surface area contributed by atoms with Crippen molar-refractivity contribution in [2.45, 2.75) is 90.8 Å². The van der Waals surface area contributed by atoms with E-state index < -0.39 is 11.1 Å². The molecule has 1 aromatic heterocycles. The van der Waals surface area contributed by atoms with Gasteiger partial charge in [-0.15, -0.1) is 0 Å². The minimum Gasteiger partial charge on any atom is -0.379 e. The highest BCUT2D eigenvalue weighted by Crippen LogP contribution is 2.34. The van der Waals surface area contributed by atoms with Crippen LogP contribution >= 0.6 is 0 Å². The molecule has 2 saturated heterocycles. The summed E-state index contributed by atoms with van der Waals surface area (Å²) in [7, 11) is 0. The van der Waals surface area contributed by atoms with E-state index in [1.807, 2.05) is 39.8 Å². The van der Waals surface area contributed by atoms with Crippen LogP contribution in [0.3, 0.4) is 0 Å². The first-order chi connectivity index (χ1) is 20.7. The number of carbonyl (C=O) groups is 2. The molecule has 0 N–H and O–H groups in total. The number of Topliss-reactive ketones (excluding diaryl/α,β-unsaturated/α-hetero) is 2. The third-order valence-corrected chi connectivity index (χ3v) is 9.84. The normalized spacial score (nSPS) is 17.6. The standard InChI is InChI=1S/C36H51N3O4/c1-6-7-8-9-10-11-16-39-31-25-27(33(40)35(2,3)37-17-21-42-22-18-37)12-14-29(31)30-15-13-28(26-32(30)39)34(41)36(4,5)38-19-23-43-24-20-38/h12-15,25-26H,6-11,16-24H2,1-5H3. The number of ketones is 2. The maximum Gasteiger partial charge on any atom is 0.182 e. The summed E-state index contributed by atoms with van der Waals surface area (Å²) in [4.78, 5) is 32.4. The molecule has 2 aromatic carbocycles. The third-order valence-electron chi connectivity index (χ3n) is 9.84. The van der Waals surface area contributed by atoms with Crippen molar-refractivity contribution < 1.29 is 19.1 Å². The molecular weight excluding hydrogens is 538 g/mol. The van der Waals surface area contributed by atoms with Crippen LogP contribution in [0.1, 0.15) is 93.9 Å². The molecule has 2 aliphatic heterocycles. The molecular formula is C36H51N3O4. The lowest BCUT2D eigenvalue weighted by atomic mass is 9.90. The van der Waals surface area contributed by atoms with Crippen molar-refractivity contribution in [1.82, 2.24) is 14.4 Å². The number of aryl methyl sites for hydroxylation is 1. The molecule has 3 heterocycles. The monoisotopic (exact) mass is 589 g/mol. The molecule has 234 valence electrons. The Bertz CT molecular complexity index is 1330. The van der Waals surface area contributed by atoms with Crippen molar-refractivity contribution in [1.29, 1.82) is 0 Å². The minimum atomic E-state index is -0.613. The smallest absolute Gasteiger partial charge is 0.182 e. The number of fused-ring (bicyclic) bond motifs is 3. The minimum absolute atomic E-state index is 0.135. The molecule has 0 saturated carbocycles. The first-order valence-electron chi connectivity index (χ1n) is 16.5. The van der Waals surface area contributed by atoms with E-state index in [0.717, 1.165) is 72.1 Å². The summed E-state index contributed by atoms with van der Waals surface area (Å²) in [5.74, 6) is 0.270. The Morgan fingerprint density at radius 3 is 1.51 bits per heavy atom. The quantitative estimate of drug-likeness (QED) is 0.163. The second kappa shape index (κ2) is 13.6. The predicted molar refractivity (Wildman–Crippen MR) is 174 cm³/mol. The Morgan fingerprint density at radius 1 is 0.651 bits per heavy atom. The van der Waals surface area contributed by atoms with Crippen LogP contribution in [0.5, 0.6) is 0 Å². The van der Waals surface area contributed by atoms with E-state index in [0.29, 0.717) is 26.4 Å². The van der Waals surface area contributed by atoms with E-state index in [1.54, 1.807) is 0 Å². The van der Waals surface area contributed by atoms with Crippen LogP contribution in [0.4, 0.5) is 0 Å². The van der Waals surface area contributed by atoms with Crippen molar-refractivity contribution in [3.8, 4) is 0 Å². The average Bonchev–Trinajstić information content (AvgIpc) is 3.34. The van der Waals surface area contributed by atoms with Gasteiger partial charge in [-0.2, -0.15) is 0 Å². The van der Waals surface area contributed by atoms with E-state index in [4.69, 9.17) is 9.47 Å². The van der Waals surface area contributed by atoms with E-state index in [2.05, 4.69) is 45.6 Å². The molecule has 43 heavy (non-hydrogen) atoms. The average molecular weight is 590 g/mol. The van der Waals surface area contributed by atoms with Gasteiger partial charge in [-0.1, -0.05) is 63.3 Å². The number of hydrogen-bond donors (Lipinski definition) is 0. The first kappa shape index (κ1) is 31.8. The number of carbonyl (C=O) groups excluding carboxylic acids is 2. The summed E-state index contributed by atoms with van der Waals surface area (Å²) in [6, 6.07) is 12.4. The number of morpholine rings is 2. The number of nitrogens with zero attached hydrogens (tertiary/aromatic N) is 3. The highest BCUT2D eigenvalue weighted by molar-refractivity contribution is 6.13. The maximum absolute atomic E-state index is 14.0. The lowest BCUT2D eigenvalue weighted by Crippen LogP contribution is -2.54. The highest BCUT2D eigenvalue weighted by atomic mass is 16.5. The fourth-order valence-electron chi connectivity index (χ4n) is 6.91. The SMILES string of the molecule is CCCCCCCCn1c2cc(C(=O)C(C)(C)N3CCOCC3)ccc2c2ccc(C(=O)C(C)(C)N3CCOCC3)cc21. The second-order valence-corrected chi connectivity index (χ2v) is 13.4. The number of unbranched alkanes of at least 4 members (excludes halogenated alkanes) is 5. The molecule has 7 heteroatoms. The van der Waals surface area contributed by atoms with Crippen LogP contribution in [0.15, 0.2) is 36.4 Å². The molecule has 2 fully saturated rings. The van der Waals surface area contributed by atoms with Crippen molar-refractivity contribution >= 4 is 33.4 Å². The molecule has 0 aliphatic carbocycles. The molecule has 5 rings (SSSR count). The van der Waals surface area contributed by atoms with Crippen molar-refractivity contribution in [2.75, 3.05) is 52.6 Å². The van der Waals surface area contributed by atoms with Gasteiger partial charge in [0.1, 0.15) is 0 Å².